The van der Waals surface area contributed by atoms with Gasteiger partial charge in [-0.05, 0) is 47.0 Å². The molecule has 0 bridgehead atoms. The summed E-state index contributed by atoms with van der Waals surface area (Å²) in [5.74, 6) is 1.80. The van der Waals surface area contributed by atoms with E-state index in [9.17, 15) is 0 Å². The zero-order valence-electron chi connectivity index (χ0n) is 13.8. The van der Waals surface area contributed by atoms with Crippen molar-refractivity contribution >= 4 is 41.3 Å². The van der Waals surface area contributed by atoms with Crippen LogP contribution < -0.4 is 10.1 Å². The molecule has 0 saturated heterocycles. The van der Waals surface area contributed by atoms with Crippen LogP contribution in [-0.4, -0.2) is 31.6 Å². The Labute approximate surface area is 159 Å². The highest BCUT2D eigenvalue weighted by molar-refractivity contribution is 14.0. The largest absolute Gasteiger partial charge is 0.494 e. The number of aliphatic imine (C=N–C) groups is 1. The highest BCUT2D eigenvalue weighted by atomic mass is 127. The van der Waals surface area contributed by atoms with Crippen molar-refractivity contribution in [3.05, 3.63) is 52.2 Å². The average molecular weight is 445 g/mol. The molecule has 1 heterocycles. The van der Waals surface area contributed by atoms with E-state index in [1.54, 1.807) is 11.3 Å². The second-order valence-electron chi connectivity index (χ2n) is 4.97. The lowest BCUT2D eigenvalue weighted by atomic mass is 10.2. The normalized spacial score (nSPS) is 10.8. The molecule has 2 aromatic rings. The van der Waals surface area contributed by atoms with E-state index < -0.39 is 0 Å². The van der Waals surface area contributed by atoms with Gasteiger partial charge in [-0.2, -0.15) is 11.3 Å². The molecule has 126 valence electrons. The molecule has 0 aliphatic rings. The monoisotopic (exact) mass is 445 g/mol. The second-order valence-corrected chi connectivity index (χ2v) is 5.75. The fourth-order valence-electron chi connectivity index (χ4n) is 2.17. The van der Waals surface area contributed by atoms with Crippen molar-refractivity contribution in [2.45, 2.75) is 20.0 Å². The third-order valence-electron chi connectivity index (χ3n) is 3.26. The second kappa shape index (κ2) is 10.5. The van der Waals surface area contributed by atoms with E-state index in [-0.39, 0.29) is 24.0 Å². The Hall–Kier alpha value is -1.28. The fraction of sp³-hybridized carbons (Fsp3) is 0.353. The van der Waals surface area contributed by atoms with Crippen LogP contribution in [0.25, 0.3) is 0 Å². The predicted molar refractivity (Wildman–Crippen MR) is 109 cm³/mol. The summed E-state index contributed by atoms with van der Waals surface area (Å²) in [6.07, 6.45) is 0. The van der Waals surface area contributed by atoms with Gasteiger partial charge in [-0.1, -0.05) is 12.1 Å². The summed E-state index contributed by atoms with van der Waals surface area (Å²) in [4.78, 5) is 6.45. The molecular weight excluding hydrogens is 421 g/mol. The first-order valence-electron chi connectivity index (χ1n) is 7.37. The maximum absolute atomic E-state index is 5.47. The summed E-state index contributed by atoms with van der Waals surface area (Å²) in [5.41, 5.74) is 2.50. The van der Waals surface area contributed by atoms with Gasteiger partial charge in [0, 0.05) is 27.2 Å². The van der Waals surface area contributed by atoms with Gasteiger partial charge in [0.05, 0.1) is 6.61 Å². The molecule has 1 aromatic carbocycles. The minimum atomic E-state index is 0. The summed E-state index contributed by atoms with van der Waals surface area (Å²) in [7, 11) is 3.85. The van der Waals surface area contributed by atoms with Crippen molar-refractivity contribution in [3.63, 3.8) is 0 Å². The lowest BCUT2D eigenvalue weighted by Gasteiger charge is -2.22. The number of nitrogens with one attached hydrogen (secondary N) is 1. The molecular formula is C17H24IN3OS. The average Bonchev–Trinajstić information content (AvgIpc) is 3.03. The summed E-state index contributed by atoms with van der Waals surface area (Å²) >= 11 is 1.71. The summed E-state index contributed by atoms with van der Waals surface area (Å²) in [6, 6.07) is 10.3. The third-order valence-corrected chi connectivity index (χ3v) is 3.99. The van der Waals surface area contributed by atoms with E-state index >= 15 is 0 Å². The molecule has 0 radical (unpaired) electrons. The molecule has 0 amide bonds. The molecule has 0 unspecified atom stereocenters. The minimum absolute atomic E-state index is 0. The van der Waals surface area contributed by atoms with Crippen molar-refractivity contribution in [2.75, 3.05) is 20.7 Å². The number of rotatable bonds is 6. The van der Waals surface area contributed by atoms with Gasteiger partial charge in [0.25, 0.3) is 0 Å². The first-order valence-corrected chi connectivity index (χ1v) is 8.31. The van der Waals surface area contributed by atoms with Crippen molar-refractivity contribution in [1.29, 1.82) is 0 Å². The maximum Gasteiger partial charge on any atom is 0.193 e. The Bertz CT molecular complexity index is 584. The van der Waals surface area contributed by atoms with Gasteiger partial charge in [-0.25, -0.2) is 0 Å². The first kappa shape index (κ1) is 19.8. The number of thiophene rings is 1. The molecule has 0 saturated carbocycles. The van der Waals surface area contributed by atoms with Crippen molar-refractivity contribution in [2.24, 2.45) is 4.99 Å². The Balaban J connectivity index is 0.00000264. The van der Waals surface area contributed by atoms with Crippen LogP contribution in [0.5, 0.6) is 5.75 Å². The highest BCUT2D eigenvalue weighted by Gasteiger charge is 2.07. The molecule has 0 spiro atoms. The summed E-state index contributed by atoms with van der Waals surface area (Å²) < 4.78 is 5.47. The molecule has 0 atom stereocenters. The molecule has 2 rings (SSSR count). The van der Waals surface area contributed by atoms with Gasteiger partial charge in [0.15, 0.2) is 5.96 Å². The Morgan fingerprint density at radius 1 is 1.22 bits per heavy atom. The van der Waals surface area contributed by atoms with Crippen LogP contribution in [0.3, 0.4) is 0 Å². The lowest BCUT2D eigenvalue weighted by molar-refractivity contribution is 0.340. The predicted octanol–water partition coefficient (Wildman–Crippen LogP) is 3.97. The number of ether oxygens (including phenoxy) is 1. The molecule has 4 nitrogen and oxygen atoms in total. The topological polar surface area (TPSA) is 36.9 Å². The Kier molecular flexibility index (Phi) is 9.01. The third kappa shape index (κ3) is 6.39. The van der Waals surface area contributed by atoms with Gasteiger partial charge in [0.1, 0.15) is 5.75 Å². The number of hydrogen-bond acceptors (Lipinski definition) is 3. The van der Waals surface area contributed by atoms with Crippen LogP contribution in [0.15, 0.2) is 46.1 Å². The molecule has 0 aliphatic carbocycles. The van der Waals surface area contributed by atoms with Gasteiger partial charge in [-0.3, -0.25) is 4.99 Å². The van der Waals surface area contributed by atoms with E-state index in [2.05, 4.69) is 44.2 Å². The van der Waals surface area contributed by atoms with Crippen LogP contribution in [0, 0.1) is 0 Å². The summed E-state index contributed by atoms with van der Waals surface area (Å²) in [5, 5.41) is 7.61. The molecule has 0 fully saturated rings. The van der Waals surface area contributed by atoms with Gasteiger partial charge in [-0.15, -0.1) is 24.0 Å². The first-order chi connectivity index (χ1) is 10.7. The Morgan fingerprint density at radius 3 is 2.52 bits per heavy atom. The van der Waals surface area contributed by atoms with E-state index in [1.807, 2.05) is 33.2 Å². The van der Waals surface area contributed by atoms with E-state index in [0.717, 1.165) is 24.8 Å². The molecule has 0 aliphatic heterocycles. The highest BCUT2D eigenvalue weighted by Crippen LogP contribution is 2.13. The smallest absolute Gasteiger partial charge is 0.193 e. The minimum Gasteiger partial charge on any atom is -0.494 e. The van der Waals surface area contributed by atoms with Crippen LogP contribution in [-0.2, 0) is 13.1 Å². The van der Waals surface area contributed by atoms with Crippen molar-refractivity contribution in [1.82, 2.24) is 10.2 Å². The molecule has 1 aromatic heterocycles. The van der Waals surface area contributed by atoms with E-state index in [4.69, 9.17) is 4.74 Å². The lowest BCUT2D eigenvalue weighted by Crippen LogP contribution is -2.37. The van der Waals surface area contributed by atoms with E-state index in [0.29, 0.717) is 6.61 Å². The van der Waals surface area contributed by atoms with Crippen LogP contribution in [0.2, 0.25) is 0 Å². The van der Waals surface area contributed by atoms with Crippen molar-refractivity contribution < 1.29 is 4.74 Å². The van der Waals surface area contributed by atoms with Crippen LogP contribution in [0.4, 0.5) is 0 Å². The Morgan fingerprint density at radius 2 is 1.96 bits per heavy atom. The number of hydrogen-bond donors (Lipinski definition) is 1. The molecule has 1 N–H and O–H groups in total. The number of benzene rings is 1. The zero-order valence-corrected chi connectivity index (χ0v) is 16.9. The quantitative estimate of drug-likeness (QED) is 0.416. The molecule has 23 heavy (non-hydrogen) atoms. The van der Waals surface area contributed by atoms with Crippen molar-refractivity contribution in [3.8, 4) is 5.75 Å². The standard InChI is InChI=1S/C17H23N3OS.HI/c1-4-21-16-7-5-14(6-8-16)12-20(3)17(18-2)19-11-15-9-10-22-13-15;/h5-10,13H,4,11-12H2,1-3H3,(H,18,19);1H. The number of nitrogens with zero attached hydrogens (tertiary/aromatic N) is 2. The van der Waals surface area contributed by atoms with Gasteiger partial charge < -0.3 is 15.0 Å². The number of guanidine groups is 1. The fourth-order valence-corrected chi connectivity index (χ4v) is 2.83. The van der Waals surface area contributed by atoms with Gasteiger partial charge >= 0.3 is 0 Å². The zero-order chi connectivity index (χ0) is 15.8. The number of halogens is 1. The maximum atomic E-state index is 5.47. The molecule has 6 heteroatoms. The van der Waals surface area contributed by atoms with E-state index in [1.165, 1.54) is 11.1 Å². The van der Waals surface area contributed by atoms with Crippen LogP contribution in [0.1, 0.15) is 18.1 Å². The summed E-state index contributed by atoms with van der Waals surface area (Å²) in [6.45, 7) is 4.28. The van der Waals surface area contributed by atoms with Gasteiger partial charge in [0.2, 0.25) is 0 Å². The van der Waals surface area contributed by atoms with Crippen LogP contribution >= 0.6 is 35.3 Å². The SMILES string of the molecule is CCOc1ccc(CN(C)C(=NC)NCc2ccsc2)cc1.I.